The number of hydrogen-bond acceptors (Lipinski definition) is 13. The number of aliphatic hydroxyl groups excluding tert-OH is 8. The van der Waals surface area contributed by atoms with E-state index < -0.39 is 55.8 Å². The molecular formula is C21H44O13. The highest BCUT2D eigenvalue weighted by atomic mass is 16.5. The second-order valence-electron chi connectivity index (χ2n) is 8.29. The normalized spacial score (nSPS) is 18.3. The van der Waals surface area contributed by atoms with Crippen LogP contribution in [-0.2, 0) is 23.7 Å². The summed E-state index contributed by atoms with van der Waals surface area (Å²) in [5.74, 6) is 0. The number of ether oxygens (including phenoxy) is 5. The molecule has 0 aliphatic heterocycles. The van der Waals surface area contributed by atoms with E-state index >= 15 is 0 Å². The lowest BCUT2D eigenvalue weighted by Gasteiger charge is -2.33. The van der Waals surface area contributed by atoms with Gasteiger partial charge in [0, 0.05) is 5.41 Å². The number of rotatable bonds is 24. The summed E-state index contributed by atoms with van der Waals surface area (Å²) in [7, 11) is 0. The van der Waals surface area contributed by atoms with Gasteiger partial charge in [0.1, 0.15) is 30.5 Å². The molecule has 0 saturated carbocycles. The van der Waals surface area contributed by atoms with Gasteiger partial charge in [0.25, 0.3) is 0 Å². The van der Waals surface area contributed by atoms with Crippen LogP contribution in [0.1, 0.15) is 13.3 Å². The smallest absolute Gasteiger partial charge is 0.101 e. The van der Waals surface area contributed by atoms with Gasteiger partial charge in [-0.05, 0) is 6.42 Å². The average molecular weight is 505 g/mol. The van der Waals surface area contributed by atoms with Gasteiger partial charge < -0.3 is 64.5 Å². The van der Waals surface area contributed by atoms with Crippen molar-refractivity contribution in [1.29, 1.82) is 0 Å². The monoisotopic (exact) mass is 504 g/mol. The summed E-state index contributed by atoms with van der Waals surface area (Å²) in [6, 6.07) is 0. The van der Waals surface area contributed by atoms with E-state index in [1.54, 1.807) is 0 Å². The van der Waals surface area contributed by atoms with Crippen molar-refractivity contribution in [3.8, 4) is 0 Å². The summed E-state index contributed by atoms with van der Waals surface area (Å²) in [4.78, 5) is 0. The zero-order chi connectivity index (χ0) is 25.8. The Morgan fingerprint density at radius 1 is 0.471 bits per heavy atom. The van der Waals surface area contributed by atoms with Gasteiger partial charge in [-0.25, -0.2) is 0 Å². The third-order valence-corrected chi connectivity index (χ3v) is 4.78. The van der Waals surface area contributed by atoms with Crippen LogP contribution in [0.4, 0.5) is 0 Å². The molecule has 0 amide bonds. The van der Waals surface area contributed by atoms with Crippen LogP contribution in [0.2, 0.25) is 0 Å². The molecule has 0 saturated heterocycles. The predicted molar refractivity (Wildman–Crippen MR) is 118 cm³/mol. The van der Waals surface area contributed by atoms with Crippen molar-refractivity contribution < 1.29 is 64.5 Å². The van der Waals surface area contributed by atoms with Gasteiger partial charge in [-0.15, -0.1) is 0 Å². The van der Waals surface area contributed by atoms with Gasteiger partial charge >= 0.3 is 0 Å². The molecule has 0 aromatic heterocycles. The Morgan fingerprint density at radius 3 is 1.03 bits per heavy atom. The molecule has 13 nitrogen and oxygen atoms in total. The van der Waals surface area contributed by atoms with Crippen molar-refractivity contribution in [1.82, 2.24) is 0 Å². The Labute approximate surface area is 200 Å². The van der Waals surface area contributed by atoms with E-state index in [1.807, 2.05) is 6.92 Å². The van der Waals surface area contributed by atoms with Crippen molar-refractivity contribution in [2.24, 2.45) is 5.41 Å². The van der Waals surface area contributed by atoms with Crippen molar-refractivity contribution in [3.63, 3.8) is 0 Å². The molecule has 34 heavy (non-hydrogen) atoms. The van der Waals surface area contributed by atoms with Crippen LogP contribution in [0.3, 0.4) is 0 Å². The third kappa shape index (κ3) is 17.0. The van der Waals surface area contributed by atoms with E-state index in [4.69, 9.17) is 39.0 Å². The van der Waals surface area contributed by atoms with E-state index in [-0.39, 0.29) is 66.1 Å². The highest BCUT2D eigenvalue weighted by Gasteiger charge is 2.31. The lowest BCUT2D eigenvalue weighted by atomic mass is 9.88. The molecule has 0 aliphatic rings. The zero-order valence-electron chi connectivity index (χ0n) is 19.9. The minimum absolute atomic E-state index is 0.0696. The predicted octanol–water partition coefficient (Wildman–Crippen LogP) is -3.75. The van der Waals surface area contributed by atoms with Crippen LogP contribution < -0.4 is 0 Å². The SMILES string of the molecule is CCC(COCC(O)CO)(COCC(O)COCC(O)CO)COCC(O)COCC(O)CO. The molecule has 0 heterocycles. The largest absolute Gasteiger partial charge is 0.394 e. The van der Waals surface area contributed by atoms with Crippen molar-refractivity contribution in [2.75, 3.05) is 85.9 Å². The molecule has 0 aromatic rings. The quantitative estimate of drug-likeness (QED) is 0.0636. The molecular weight excluding hydrogens is 460 g/mol. The first kappa shape index (κ1) is 33.5. The van der Waals surface area contributed by atoms with Crippen LogP contribution in [0.5, 0.6) is 0 Å². The Kier molecular flexibility index (Phi) is 20.3. The molecule has 0 bridgehead atoms. The first-order chi connectivity index (χ1) is 16.2. The van der Waals surface area contributed by atoms with Gasteiger partial charge in [0.2, 0.25) is 0 Å². The third-order valence-electron chi connectivity index (χ3n) is 4.78. The summed E-state index contributed by atoms with van der Waals surface area (Å²) >= 11 is 0. The van der Waals surface area contributed by atoms with Crippen molar-refractivity contribution in [2.45, 2.75) is 43.9 Å². The molecule has 0 spiro atoms. The second kappa shape index (κ2) is 20.7. The highest BCUT2D eigenvalue weighted by Crippen LogP contribution is 2.24. The zero-order valence-corrected chi connectivity index (χ0v) is 19.9. The summed E-state index contributed by atoms with van der Waals surface area (Å²) in [5.41, 5.74) is -0.684. The first-order valence-corrected chi connectivity index (χ1v) is 11.3. The fraction of sp³-hybridized carbons (Fsp3) is 1.00. The second-order valence-corrected chi connectivity index (χ2v) is 8.29. The van der Waals surface area contributed by atoms with Crippen molar-refractivity contribution in [3.05, 3.63) is 0 Å². The van der Waals surface area contributed by atoms with Gasteiger partial charge in [-0.1, -0.05) is 6.92 Å². The minimum atomic E-state index is -1.03. The molecule has 8 N–H and O–H groups in total. The average Bonchev–Trinajstić information content (AvgIpc) is 2.83. The van der Waals surface area contributed by atoms with Gasteiger partial charge in [-0.2, -0.15) is 0 Å². The van der Waals surface area contributed by atoms with Crippen molar-refractivity contribution >= 4 is 0 Å². The fourth-order valence-electron chi connectivity index (χ4n) is 2.60. The molecule has 0 aliphatic carbocycles. The molecule has 5 unspecified atom stereocenters. The number of hydrogen-bond donors (Lipinski definition) is 8. The topological polar surface area (TPSA) is 208 Å². The van der Waals surface area contributed by atoms with Gasteiger partial charge in [-0.3, -0.25) is 0 Å². The van der Waals surface area contributed by atoms with Crippen LogP contribution in [-0.4, -0.2) is 157 Å². The lowest BCUT2D eigenvalue weighted by molar-refractivity contribution is -0.113. The Morgan fingerprint density at radius 2 is 0.735 bits per heavy atom. The van der Waals surface area contributed by atoms with E-state index in [9.17, 15) is 25.5 Å². The maximum absolute atomic E-state index is 9.98. The van der Waals surface area contributed by atoms with E-state index in [0.29, 0.717) is 6.42 Å². The summed E-state index contributed by atoms with van der Waals surface area (Å²) in [6.07, 6.45) is -4.47. The highest BCUT2D eigenvalue weighted by molar-refractivity contribution is 4.78. The summed E-state index contributed by atoms with van der Waals surface area (Å²) in [6.45, 7) is 0.241. The Hall–Kier alpha value is -0.520. The van der Waals surface area contributed by atoms with E-state index in [1.165, 1.54) is 0 Å². The molecule has 0 rings (SSSR count). The molecule has 13 heteroatoms. The van der Waals surface area contributed by atoms with E-state index in [2.05, 4.69) is 0 Å². The summed E-state index contributed by atoms with van der Waals surface area (Å²) in [5, 5.41) is 74.4. The van der Waals surface area contributed by atoms with E-state index in [0.717, 1.165) is 0 Å². The number of aliphatic hydroxyl groups is 8. The summed E-state index contributed by atoms with van der Waals surface area (Å²) < 4.78 is 27.0. The van der Waals surface area contributed by atoms with Crippen LogP contribution in [0, 0.1) is 5.41 Å². The Bertz CT molecular complexity index is 428. The van der Waals surface area contributed by atoms with Crippen LogP contribution in [0.25, 0.3) is 0 Å². The molecule has 206 valence electrons. The van der Waals surface area contributed by atoms with Crippen LogP contribution >= 0.6 is 0 Å². The molecule has 0 aromatic carbocycles. The molecule has 0 radical (unpaired) electrons. The minimum Gasteiger partial charge on any atom is -0.394 e. The standard InChI is InChI=1S/C21H44O13/c1-2-21(13-32-8-18(27)5-24,14-33-11-19(28)9-30-6-16(25)3-22)15-34-12-20(29)10-31-7-17(26)4-23/h16-20,22-29H,2-15H2,1H3. The first-order valence-electron chi connectivity index (χ1n) is 11.3. The van der Waals surface area contributed by atoms with Crippen LogP contribution in [0.15, 0.2) is 0 Å². The van der Waals surface area contributed by atoms with Gasteiger partial charge in [0.05, 0.1) is 85.9 Å². The fourth-order valence-corrected chi connectivity index (χ4v) is 2.60. The van der Waals surface area contributed by atoms with Gasteiger partial charge in [0.15, 0.2) is 0 Å². The molecule has 5 atom stereocenters. The maximum atomic E-state index is 9.98. The lowest BCUT2D eigenvalue weighted by Crippen LogP contribution is -2.40. The molecule has 0 fully saturated rings. The maximum Gasteiger partial charge on any atom is 0.101 e. The Balaban J connectivity index is 4.61.